The summed E-state index contributed by atoms with van der Waals surface area (Å²) in [4.78, 5) is 12.3. The largest absolute Gasteiger partial charge is 0.454 e. The van der Waals surface area contributed by atoms with Gasteiger partial charge in [0.15, 0.2) is 11.5 Å². The fraction of sp³-hybridized carbons (Fsp3) is 0.0588. The molecular formula is C17H11ClN2O3. The van der Waals surface area contributed by atoms with Gasteiger partial charge in [0, 0.05) is 23.5 Å². The van der Waals surface area contributed by atoms with Gasteiger partial charge in [-0.1, -0.05) is 23.7 Å². The lowest BCUT2D eigenvalue weighted by Crippen LogP contribution is -2.05. The van der Waals surface area contributed by atoms with Crippen molar-refractivity contribution in [2.45, 2.75) is 0 Å². The summed E-state index contributed by atoms with van der Waals surface area (Å²) in [6.45, 7) is 0.184. The van der Waals surface area contributed by atoms with Crippen LogP contribution in [0.2, 0.25) is 5.02 Å². The van der Waals surface area contributed by atoms with Gasteiger partial charge in [-0.05, 0) is 24.3 Å². The molecule has 0 radical (unpaired) electrons. The van der Waals surface area contributed by atoms with Crippen LogP contribution in [0, 0.1) is 11.3 Å². The van der Waals surface area contributed by atoms with E-state index in [0.29, 0.717) is 22.2 Å². The summed E-state index contributed by atoms with van der Waals surface area (Å²) in [5, 5.41) is 12.4. The molecule has 0 unspecified atom stereocenters. The Hall–Kier alpha value is -2.97. The predicted molar refractivity (Wildman–Crippen MR) is 85.7 cm³/mol. The number of allylic oxidation sites excluding steroid dienone is 1. The second kappa shape index (κ2) is 6.42. The number of nitrogens with one attached hydrogen (secondary N) is 1. The van der Waals surface area contributed by atoms with E-state index in [-0.39, 0.29) is 17.9 Å². The Labute approximate surface area is 137 Å². The molecule has 2 aromatic carbocycles. The van der Waals surface area contributed by atoms with Crippen LogP contribution in [0.15, 0.2) is 54.2 Å². The highest BCUT2D eigenvalue weighted by Gasteiger charge is 2.16. The monoisotopic (exact) mass is 326 g/mol. The number of anilines is 1. The van der Waals surface area contributed by atoms with Crippen LogP contribution in [0.25, 0.3) is 0 Å². The highest BCUT2D eigenvalue weighted by Crippen LogP contribution is 2.34. The minimum atomic E-state index is -0.439. The van der Waals surface area contributed by atoms with E-state index in [1.165, 1.54) is 6.20 Å². The fourth-order valence-electron chi connectivity index (χ4n) is 2.08. The van der Waals surface area contributed by atoms with Gasteiger partial charge in [-0.15, -0.1) is 0 Å². The third-order valence-corrected chi connectivity index (χ3v) is 3.57. The zero-order valence-electron chi connectivity index (χ0n) is 11.9. The van der Waals surface area contributed by atoms with Crippen LogP contribution < -0.4 is 14.8 Å². The number of fused-ring (bicyclic) bond motifs is 1. The van der Waals surface area contributed by atoms with Crippen molar-refractivity contribution < 1.29 is 14.3 Å². The number of halogens is 1. The van der Waals surface area contributed by atoms with Crippen LogP contribution in [-0.4, -0.2) is 12.6 Å². The Morgan fingerprint density at radius 3 is 2.78 bits per heavy atom. The van der Waals surface area contributed by atoms with E-state index in [4.69, 9.17) is 21.1 Å². The quantitative estimate of drug-likeness (QED) is 0.526. The second-order valence-corrected chi connectivity index (χ2v) is 5.10. The van der Waals surface area contributed by atoms with Gasteiger partial charge in [0.2, 0.25) is 12.6 Å². The maximum absolute atomic E-state index is 12.3. The van der Waals surface area contributed by atoms with Crippen molar-refractivity contribution >= 4 is 23.1 Å². The minimum Gasteiger partial charge on any atom is -0.454 e. The molecule has 23 heavy (non-hydrogen) atoms. The Morgan fingerprint density at radius 1 is 1.22 bits per heavy atom. The van der Waals surface area contributed by atoms with E-state index in [2.05, 4.69) is 5.32 Å². The lowest BCUT2D eigenvalue weighted by molar-refractivity contribution is 0.103. The van der Waals surface area contributed by atoms with Gasteiger partial charge >= 0.3 is 0 Å². The third kappa shape index (κ3) is 3.12. The van der Waals surface area contributed by atoms with Crippen LogP contribution in [-0.2, 0) is 0 Å². The summed E-state index contributed by atoms with van der Waals surface area (Å²) in [5.74, 6) is 0.831. The first-order valence-corrected chi connectivity index (χ1v) is 7.12. The number of nitriles is 1. The molecule has 0 aliphatic carbocycles. The molecule has 0 aromatic heterocycles. The van der Waals surface area contributed by atoms with Gasteiger partial charge < -0.3 is 14.8 Å². The molecule has 5 nitrogen and oxygen atoms in total. The van der Waals surface area contributed by atoms with E-state index in [0.717, 1.165) is 0 Å². The average Bonchev–Trinajstić information content (AvgIpc) is 3.03. The lowest BCUT2D eigenvalue weighted by atomic mass is 10.1. The number of ketones is 1. The standard InChI is InChI=1S/C17H11ClN2O3/c18-14-4-2-1-3-13(14)17(21)11(8-19)9-20-12-5-6-15-16(7-12)23-10-22-15/h1-7,9,20H,10H2/b11-9+. The summed E-state index contributed by atoms with van der Waals surface area (Å²) < 4.78 is 10.5. The molecule has 6 heteroatoms. The predicted octanol–water partition coefficient (Wildman–Crippen LogP) is 3.77. The Kier molecular flexibility index (Phi) is 4.18. The molecule has 0 spiro atoms. The van der Waals surface area contributed by atoms with Gasteiger partial charge in [0.05, 0.1) is 5.02 Å². The topological polar surface area (TPSA) is 71.3 Å². The van der Waals surface area contributed by atoms with Crippen LogP contribution in [0.4, 0.5) is 5.69 Å². The molecule has 114 valence electrons. The molecule has 3 rings (SSSR count). The normalized spacial score (nSPS) is 12.6. The first-order chi connectivity index (χ1) is 11.2. The second-order valence-electron chi connectivity index (χ2n) is 4.69. The van der Waals surface area contributed by atoms with Gasteiger partial charge in [-0.3, -0.25) is 4.79 Å². The summed E-state index contributed by atoms with van der Waals surface area (Å²) >= 11 is 5.99. The van der Waals surface area contributed by atoms with E-state index in [1.807, 2.05) is 6.07 Å². The maximum atomic E-state index is 12.3. The van der Waals surface area contributed by atoms with E-state index < -0.39 is 5.78 Å². The Bertz CT molecular complexity index is 840. The molecule has 0 fully saturated rings. The first kappa shape index (κ1) is 14.9. The fourth-order valence-corrected chi connectivity index (χ4v) is 2.30. The van der Waals surface area contributed by atoms with Crippen LogP contribution in [0.3, 0.4) is 0 Å². The minimum absolute atomic E-state index is 0.0456. The molecule has 0 saturated heterocycles. The molecule has 1 N–H and O–H groups in total. The van der Waals surface area contributed by atoms with Crippen molar-refractivity contribution in [1.82, 2.24) is 0 Å². The van der Waals surface area contributed by atoms with Crippen molar-refractivity contribution in [2.75, 3.05) is 12.1 Å². The lowest BCUT2D eigenvalue weighted by Gasteiger charge is -2.05. The molecule has 1 aliphatic heterocycles. The highest BCUT2D eigenvalue weighted by atomic mass is 35.5. The summed E-state index contributed by atoms with van der Waals surface area (Å²) in [6, 6.07) is 13.7. The Balaban J connectivity index is 1.81. The van der Waals surface area contributed by atoms with Crippen LogP contribution in [0.1, 0.15) is 10.4 Å². The molecule has 0 amide bonds. The number of carbonyl (C=O) groups is 1. The number of carbonyl (C=O) groups excluding carboxylic acids is 1. The summed E-state index contributed by atoms with van der Waals surface area (Å²) in [7, 11) is 0. The zero-order chi connectivity index (χ0) is 16.2. The van der Waals surface area contributed by atoms with Crippen molar-refractivity contribution in [1.29, 1.82) is 5.26 Å². The van der Waals surface area contributed by atoms with Crippen molar-refractivity contribution in [3.63, 3.8) is 0 Å². The zero-order valence-corrected chi connectivity index (χ0v) is 12.6. The van der Waals surface area contributed by atoms with Crippen LogP contribution >= 0.6 is 11.6 Å². The number of hydrogen-bond donors (Lipinski definition) is 1. The van der Waals surface area contributed by atoms with Crippen molar-refractivity contribution in [2.24, 2.45) is 0 Å². The van der Waals surface area contributed by atoms with E-state index in [1.54, 1.807) is 42.5 Å². The van der Waals surface area contributed by atoms with Crippen molar-refractivity contribution in [3.8, 4) is 17.6 Å². The van der Waals surface area contributed by atoms with Gasteiger partial charge in [-0.2, -0.15) is 5.26 Å². The number of ether oxygens (including phenoxy) is 2. The third-order valence-electron chi connectivity index (χ3n) is 3.24. The van der Waals surface area contributed by atoms with Gasteiger partial charge in [-0.25, -0.2) is 0 Å². The SMILES string of the molecule is N#C/C(=C\Nc1ccc2c(c1)OCO2)C(=O)c1ccccc1Cl. The van der Waals surface area contributed by atoms with E-state index in [9.17, 15) is 10.1 Å². The highest BCUT2D eigenvalue weighted by molar-refractivity contribution is 6.35. The molecule has 1 aliphatic rings. The number of benzene rings is 2. The van der Waals surface area contributed by atoms with E-state index >= 15 is 0 Å². The molecule has 0 atom stereocenters. The molecule has 0 bridgehead atoms. The summed E-state index contributed by atoms with van der Waals surface area (Å²) in [6.07, 6.45) is 1.35. The summed E-state index contributed by atoms with van der Waals surface area (Å²) in [5.41, 5.74) is 0.916. The van der Waals surface area contributed by atoms with Crippen LogP contribution in [0.5, 0.6) is 11.5 Å². The number of Topliss-reactive ketones (excluding diaryl/α,β-unsaturated/α-hetero) is 1. The molecule has 1 heterocycles. The van der Waals surface area contributed by atoms with Gasteiger partial charge in [0.1, 0.15) is 11.6 Å². The smallest absolute Gasteiger partial charge is 0.231 e. The first-order valence-electron chi connectivity index (χ1n) is 6.75. The number of hydrogen-bond acceptors (Lipinski definition) is 5. The molecule has 0 saturated carbocycles. The number of nitrogens with zero attached hydrogens (tertiary/aromatic N) is 1. The maximum Gasteiger partial charge on any atom is 0.231 e. The molecule has 2 aromatic rings. The van der Waals surface area contributed by atoms with Crippen molar-refractivity contribution in [3.05, 3.63) is 64.8 Å². The van der Waals surface area contributed by atoms with Gasteiger partial charge in [0.25, 0.3) is 0 Å². The average molecular weight is 327 g/mol. The molecular weight excluding hydrogens is 316 g/mol. The number of rotatable bonds is 4. The Morgan fingerprint density at radius 2 is 2.00 bits per heavy atom.